The van der Waals surface area contributed by atoms with Gasteiger partial charge in [-0.3, -0.25) is 4.79 Å². The highest BCUT2D eigenvalue weighted by Crippen LogP contribution is 2.40. The van der Waals surface area contributed by atoms with Crippen molar-refractivity contribution in [2.45, 2.75) is 32.8 Å². The van der Waals surface area contributed by atoms with Crippen molar-refractivity contribution in [3.8, 4) is 11.5 Å². The predicted octanol–water partition coefficient (Wildman–Crippen LogP) is 4.80. The average molecular weight is 524 g/mol. The lowest BCUT2D eigenvalue weighted by Gasteiger charge is -2.18. The number of rotatable bonds is 10. The van der Waals surface area contributed by atoms with E-state index in [9.17, 15) is 14.4 Å². The standard InChI is InChI=1S/C28H29NO7S/c1-18-8-13-22-23(14-18)37-27(26(22)28(32)33-2)29-24(30)16-36-25(31)17-35-21-11-9-20(10-12-21)34-15-19-6-4-3-5-7-19/h3-7,9-12,18H,8,13-17H2,1-2H3,(H,29,30)/t18-/m0/s1. The quantitative estimate of drug-likeness (QED) is 0.381. The zero-order valence-corrected chi connectivity index (χ0v) is 21.6. The number of esters is 2. The van der Waals surface area contributed by atoms with Crippen molar-refractivity contribution in [3.63, 3.8) is 0 Å². The maximum atomic E-state index is 12.4. The molecule has 0 saturated carbocycles. The second kappa shape index (κ2) is 12.4. The number of carbonyl (C=O) groups excluding carboxylic acids is 3. The highest BCUT2D eigenvalue weighted by atomic mass is 32.1. The summed E-state index contributed by atoms with van der Waals surface area (Å²) in [7, 11) is 1.32. The Morgan fingerprint density at radius 3 is 2.38 bits per heavy atom. The third-order valence-corrected chi connectivity index (χ3v) is 7.12. The molecule has 0 radical (unpaired) electrons. The van der Waals surface area contributed by atoms with E-state index in [0.717, 1.165) is 35.3 Å². The summed E-state index contributed by atoms with van der Waals surface area (Å²) >= 11 is 1.37. The monoisotopic (exact) mass is 523 g/mol. The van der Waals surface area contributed by atoms with Gasteiger partial charge < -0.3 is 24.3 Å². The number of nitrogens with one attached hydrogen (secondary N) is 1. The Balaban J connectivity index is 1.23. The van der Waals surface area contributed by atoms with Gasteiger partial charge in [0.1, 0.15) is 23.1 Å². The number of carbonyl (C=O) groups is 3. The number of anilines is 1. The molecule has 2 aromatic carbocycles. The summed E-state index contributed by atoms with van der Waals surface area (Å²) in [5.41, 5.74) is 2.39. The minimum absolute atomic E-state index is 0.351. The summed E-state index contributed by atoms with van der Waals surface area (Å²) in [4.78, 5) is 38.0. The predicted molar refractivity (Wildman–Crippen MR) is 139 cm³/mol. The van der Waals surface area contributed by atoms with Gasteiger partial charge in [-0.25, -0.2) is 9.59 Å². The molecule has 9 heteroatoms. The molecular formula is C28H29NO7S. The van der Waals surface area contributed by atoms with Crippen LogP contribution in [0.1, 0.15) is 39.7 Å². The van der Waals surface area contributed by atoms with Crippen LogP contribution in [0.2, 0.25) is 0 Å². The average Bonchev–Trinajstić information content (AvgIpc) is 3.26. The first-order valence-electron chi connectivity index (χ1n) is 12.0. The van der Waals surface area contributed by atoms with E-state index in [0.29, 0.717) is 34.6 Å². The number of methoxy groups -OCH3 is 1. The molecule has 0 bridgehead atoms. The van der Waals surface area contributed by atoms with E-state index in [-0.39, 0.29) is 6.61 Å². The lowest BCUT2D eigenvalue weighted by atomic mass is 9.88. The molecule has 1 N–H and O–H groups in total. The van der Waals surface area contributed by atoms with Crippen molar-refractivity contribution in [1.29, 1.82) is 0 Å². The van der Waals surface area contributed by atoms with Gasteiger partial charge in [0.25, 0.3) is 5.91 Å². The molecule has 37 heavy (non-hydrogen) atoms. The molecule has 1 heterocycles. The number of fused-ring (bicyclic) bond motifs is 1. The highest BCUT2D eigenvalue weighted by molar-refractivity contribution is 7.17. The smallest absolute Gasteiger partial charge is 0.344 e. The van der Waals surface area contributed by atoms with Gasteiger partial charge in [0.2, 0.25) is 0 Å². The fourth-order valence-corrected chi connectivity index (χ4v) is 5.44. The molecule has 8 nitrogen and oxygen atoms in total. The summed E-state index contributed by atoms with van der Waals surface area (Å²) < 4.78 is 21.1. The molecule has 4 rings (SSSR count). The topological polar surface area (TPSA) is 100 Å². The Labute approximate surface area is 219 Å². The number of benzene rings is 2. The molecule has 1 amide bonds. The maximum Gasteiger partial charge on any atom is 0.344 e. The Kier molecular flexibility index (Phi) is 8.79. The molecular weight excluding hydrogens is 494 g/mol. The van der Waals surface area contributed by atoms with Crippen molar-refractivity contribution in [3.05, 3.63) is 76.2 Å². The molecule has 0 spiro atoms. The van der Waals surface area contributed by atoms with E-state index < -0.39 is 24.5 Å². The van der Waals surface area contributed by atoms with E-state index in [1.54, 1.807) is 24.3 Å². The van der Waals surface area contributed by atoms with E-state index in [4.69, 9.17) is 18.9 Å². The summed E-state index contributed by atoms with van der Waals surface area (Å²) in [6.45, 7) is 1.77. The van der Waals surface area contributed by atoms with Crippen LogP contribution in [0, 0.1) is 5.92 Å². The van der Waals surface area contributed by atoms with Gasteiger partial charge in [-0.15, -0.1) is 11.3 Å². The van der Waals surface area contributed by atoms with Crippen LogP contribution < -0.4 is 14.8 Å². The summed E-state index contributed by atoms with van der Waals surface area (Å²) in [5.74, 6) is -0.0541. The van der Waals surface area contributed by atoms with Crippen LogP contribution in [-0.2, 0) is 38.5 Å². The minimum atomic E-state index is -0.688. The van der Waals surface area contributed by atoms with Crippen molar-refractivity contribution in [2.24, 2.45) is 5.92 Å². The van der Waals surface area contributed by atoms with E-state index >= 15 is 0 Å². The SMILES string of the molecule is COC(=O)c1c(NC(=O)COC(=O)COc2ccc(OCc3ccccc3)cc2)sc2c1CC[C@H](C)C2. The second-order valence-corrected chi connectivity index (χ2v) is 9.90. The Morgan fingerprint density at radius 1 is 0.973 bits per heavy atom. The Hall–Kier alpha value is -3.85. The second-order valence-electron chi connectivity index (χ2n) is 8.79. The highest BCUT2D eigenvalue weighted by Gasteiger charge is 2.29. The Bertz CT molecular complexity index is 1240. The van der Waals surface area contributed by atoms with Crippen molar-refractivity contribution in [2.75, 3.05) is 25.6 Å². The number of ether oxygens (including phenoxy) is 4. The van der Waals surface area contributed by atoms with Crippen LogP contribution in [0.3, 0.4) is 0 Å². The minimum Gasteiger partial charge on any atom is -0.489 e. The lowest BCUT2D eigenvalue weighted by molar-refractivity contribution is -0.149. The van der Waals surface area contributed by atoms with Gasteiger partial charge in [-0.2, -0.15) is 0 Å². The molecule has 0 fully saturated rings. The van der Waals surface area contributed by atoms with E-state index in [1.165, 1.54) is 18.4 Å². The van der Waals surface area contributed by atoms with E-state index in [1.807, 2.05) is 30.3 Å². The fourth-order valence-electron chi connectivity index (χ4n) is 4.02. The molecule has 1 aliphatic carbocycles. The number of amides is 1. The first-order valence-corrected chi connectivity index (χ1v) is 12.8. The number of hydrogen-bond donors (Lipinski definition) is 1. The molecule has 0 saturated heterocycles. The van der Waals surface area contributed by atoms with Crippen molar-refractivity contribution < 1.29 is 33.3 Å². The number of thiophene rings is 1. The first-order chi connectivity index (χ1) is 17.9. The molecule has 194 valence electrons. The maximum absolute atomic E-state index is 12.4. The van der Waals surface area contributed by atoms with Crippen LogP contribution in [0.4, 0.5) is 5.00 Å². The van der Waals surface area contributed by atoms with Crippen molar-refractivity contribution in [1.82, 2.24) is 0 Å². The van der Waals surface area contributed by atoms with E-state index in [2.05, 4.69) is 12.2 Å². The molecule has 1 atom stereocenters. The molecule has 0 unspecified atom stereocenters. The molecule has 0 aliphatic heterocycles. The van der Waals surface area contributed by atoms with Gasteiger partial charge in [0, 0.05) is 4.88 Å². The summed E-state index contributed by atoms with van der Waals surface area (Å²) in [6.07, 6.45) is 2.59. The van der Waals surface area contributed by atoms with Gasteiger partial charge in [0.05, 0.1) is 12.7 Å². The Morgan fingerprint density at radius 2 is 1.68 bits per heavy atom. The third-order valence-electron chi connectivity index (χ3n) is 5.95. The zero-order chi connectivity index (χ0) is 26.2. The van der Waals surface area contributed by atoms with Crippen molar-refractivity contribution >= 4 is 34.2 Å². The molecule has 3 aromatic rings. The molecule has 1 aromatic heterocycles. The molecule has 1 aliphatic rings. The third kappa shape index (κ3) is 7.10. The van der Waals surface area contributed by atoms with Gasteiger partial charge >= 0.3 is 11.9 Å². The van der Waals surface area contributed by atoms with Crippen LogP contribution in [0.15, 0.2) is 54.6 Å². The summed E-state index contributed by atoms with van der Waals surface area (Å²) in [5, 5.41) is 3.13. The zero-order valence-electron chi connectivity index (χ0n) is 20.8. The number of hydrogen-bond acceptors (Lipinski definition) is 8. The fraction of sp³-hybridized carbons (Fsp3) is 0.321. The van der Waals surface area contributed by atoms with Gasteiger partial charge in [-0.05, 0) is 60.6 Å². The lowest BCUT2D eigenvalue weighted by Crippen LogP contribution is -2.24. The largest absolute Gasteiger partial charge is 0.489 e. The van der Waals surface area contributed by atoms with Crippen LogP contribution in [0.25, 0.3) is 0 Å². The normalized spacial score (nSPS) is 14.3. The summed E-state index contributed by atoms with van der Waals surface area (Å²) in [6, 6.07) is 16.7. The van der Waals surface area contributed by atoms with Crippen LogP contribution in [-0.4, -0.2) is 38.2 Å². The van der Waals surface area contributed by atoms with Gasteiger partial charge in [0.15, 0.2) is 13.2 Å². The first kappa shape index (κ1) is 26.2. The van der Waals surface area contributed by atoms with Crippen LogP contribution >= 0.6 is 11.3 Å². The van der Waals surface area contributed by atoms with Gasteiger partial charge in [-0.1, -0.05) is 37.3 Å². The van der Waals surface area contributed by atoms with Crippen LogP contribution in [0.5, 0.6) is 11.5 Å².